The number of nitrogens with one attached hydrogen (secondary N) is 3. The lowest BCUT2D eigenvalue weighted by molar-refractivity contribution is -0.147. The maximum absolute atomic E-state index is 11.9. The van der Waals surface area contributed by atoms with Crippen molar-refractivity contribution in [3.63, 3.8) is 0 Å². The van der Waals surface area contributed by atoms with Gasteiger partial charge in [0, 0.05) is 11.4 Å². The highest BCUT2D eigenvalue weighted by Crippen LogP contribution is 2.17. The van der Waals surface area contributed by atoms with Crippen LogP contribution in [0.2, 0.25) is 0 Å². The van der Waals surface area contributed by atoms with Crippen LogP contribution in [-0.4, -0.2) is 45.5 Å². The molecule has 9 nitrogen and oxygen atoms in total. The van der Waals surface area contributed by atoms with E-state index in [9.17, 15) is 22.8 Å². The normalized spacial score (nSPS) is 15.0. The van der Waals surface area contributed by atoms with Crippen molar-refractivity contribution in [3.8, 4) is 0 Å². The highest BCUT2D eigenvalue weighted by atomic mass is 32.2. The third kappa shape index (κ3) is 9.19. The minimum absolute atomic E-state index is 0.0384. The Morgan fingerprint density at radius 1 is 1.10 bits per heavy atom. The molecule has 0 bridgehead atoms. The van der Waals surface area contributed by atoms with Gasteiger partial charge < -0.3 is 10.1 Å². The molecule has 1 aliphatic rings. The Hall–Kier alpha value is -2.72. The van der Waals surface area contributed by atoms with Crippen LogP contribution in [0.1, 0.15) is 43.2 Å². The fourth-order valence-corrected chi connectivity index (χ4v) is 3.63. The highest BCUT2D eigenvalue weighted by molar-refractivity contribution is 7.92. The van der Waals surface area contributed by atoms with E-state index in [1.807, 2.05) is 19.1 Å². The van der Waals surface area contributed by atoms with E-state index < -0.39 is 41.1 Å². The van der Waals surface area contributed by atoms with Crippen molar-refractivity contribution in [2.45, 2.75) is 45.1 Å². The van der Waals surface area contributed by atoms with Crippen LogP contribution >= 0.6 is 0 Å². The molecule has 0 spiro atoms. The number of hydrogen-bond acceptors (Lipinski definition) is 6. The first kappa shape index (κ1) is 23.6. The molecule has 30 heavy (non-hydrogen) atoms. The van der Waals surface area contributed by atoms with E-state index in [-0.39, 0.29) is 6.04 Å². The van der Waals surface area contributed by atoms with Crippen LogP contribution in [0.5, 0.6) is 0 Å². The molecule has 0 aromatic heterocycles. The van der Waals surface area contributed by atoms with Crippen LogP contribution in [0, 0.1) is 6.92 Å². The summed E-state index contributed by atoms with van der Waals surface area (Å²) in [5.74, 6) is -1.73. The van der Waals surface area contributed by atoms with Crippen LogP contribution in [0.4, 0.5) is 4.79 Å². The number of carbonyl (C=O) groups is 3. The van der Waals surface area contributed by atoms with Gasteiger partial charge in [-0.3, -0.25) is 14.9 Å². The van der Waals surface area contributed by atoms with Crippen molar-refractivity contribution in [1.82, 2.24) is 15.4 Å². The number of benzene rings is 1. The number of carbonyl (C=O) groups excluding carboxylic acids is 3. The van der Waals surface area contributed by atoms with Crippen LogP contribution in [0.15, 0.2) is 29.7 Å². The third-order valence-electron chi connectivity index (χ3n) is 4.49. The fourth-order valence-electron chi connectivity index (χ4n) is 2.88. The third-order valence-corrected chi connectivity index (χ3v) is 5.53. The van der Waals surface area contributed by atoms with E-state index in [1.54, 1.807) is 12.1 Å². The van der Waals surface area contributed by atoms with Gasteiger partial charge >= 0.3 is 12.0 Å². The molecule has 3 amide bonds. The summed E-state index contributed by atoms with van der Waals surface area (Å²) in [6.07, 6.45) is 6.34. The molecule has 1 fully saturated rings. The summed E-state index contributed by atoms with van der Waals surface area (Å²) >= 11 is 0. The van der Waals surface area contributed by atoms with Gasteiger partial charge in [-0.25, -0.2) is 17.9 Å². The molecule has 1 aromatic rings. The zero-order valence-electron chi connectivity index (χ0n) is 16.8. The van der Waals surface area contributed by atoms with Gasteiger partial charge in [0.1, 0.15) is 6.54 Å². The number of sulfonamides is 1. The summed E-state index contributed by atoms with van der Waals surface area (Å²) in [6.45, 7) is 0.598. The molecule has 3 N–H and O–H groups in total. The average molecular weight is 438 g/mol. The quantitative estimate of drug-likeness (QED) is 0.530. The second-order valence-corrected chi connectivity index (χ2v) is 8.75. The Labute approximate surface area is 176 Å². The van der Waals surface area contributed by atoms with Gasteiger partial charge in [-0.15, -0.1) is 0 Å². The first-order chi connectivity index (χ1) is 14.2. The van der Waals surface area contributed by atoms with Crippen molar-refractivity contribution in [3.05, 3.63) is 40.8 Å². The predicted octanol–water partition coefficient (Wildman–Crippen LogP) is 1.59. The van der Waals surface area contributed by atoms with Crippen molar-refractivity contribution in [2.75, 3.05) is 13.2 Å². The van der Waals surface area contributed by atoms with Gasteiger partial charge in [-0.2, -0.15) is 0 Å². The van der Waals surface area contributed by atoms with E-state index in [4.69, 9.17) is 0 Å². The molecule has 2 rings (SSSR count). The van der Waals surface area contributed by atoms with Gasteiger partial charge in [0.15, 0.2) is 6.61 Å². The second kappa shape index (κ2) is 11.5. The Bertz CT molecular complexity index is 874. The molecular formula is C20H27N3O6S. The maximum Gasteiger partial charge on any atom is 0.321 e. The van der Waals surface area contributed by atoms with Crippen molar-refractivity contribution in [2.24, 2.45) is 0 Å². The highest BCUT2D eigenvalue weighted by Gasteiger charge is 2.18. The molecule has 10 heteroatoms. The van der Waals surface area contributed by atoms with Gasteiger partial charge in [-0.05, 0) is 31.4 Å². The predicted molar refractivity (Wildman–Crippen MR) is 112 cm³/mol. The summed E-state index contributed by atoms with van der Waals surface area (Å²) in [4.78, 5) is 35.1. The number of imide groups is 1. The van der Waals surface area contributed by atoms with Crippen molar-refractivity contribution < 1.29 is 27.5 Å². The summed E-state index contributed by atoms with van der Waals surface area (Å²) < 4.78 is 30.6. The van der Waals surface area contributed by atoms with Gasteiger partial charge in [0.25, 0.3) is 5.91 Å². The molecule has 0 saturated heterocycles. The van der Waals surface area contributed by atoms with Crippen LogP contribution in [0.25, 0.3) is 6.08 Å². The van der Waals surface area contributed by atoms with E-state index in [1.165, 1.54) is 6.08 Å². The van der Waals surface area contributed by atoms with E-state index in [0.29, 0.717) is 5.56 Å². The van der Waals surface area contributed by atoms with Crippen molar-refractivity contribution >= 4 is 34.0 Å². The molecular weight excluding hydrogens is 410 g/mol. The number of rotatable bonds is 8. The largest absolute Gasteiger partial charge is 0.455 e. The van der Waals surface area contributed by atoms with Crippen LogP contribution in [0.3, 0.4) is 0 Å². The summed E-state index contributed by atoms with van der Waals surface area (Å²) in [7, 11) is -3.86. The smallest absolute Gasteiger partial charge is 0.321 e. The minimum Gasteiger partial charge on any atom is -0.455 e. The molecule has 0 unspecified atom stereocenters. The number of hydrogen-bond donors (Lipinski definition) is 3. The van der Waals surface area contributed by atoms with Gasteiger partial charge in [0.05, 0.1) is 0 Å². The van der Waals surface area contributed by atoms with Gasteiger partial charge in [0.2, 0.25) is 10.0 Å². The minimum atomic E-state index is -3.86. The van der Waals surface area contributed by atoms with Crippen molar-refractivity contribution in [1.29, 1.82) is 0 Å². The Kier molecular flexibility index (Phi) is 9.00. The number of ether oxygens (including phenoxy) is 1. The molecule has 0 radical (unpaired) electrons. The van der Waals surface area contributed by atoms with E-state index in [0.717, 1.165) is 43.1 Å². The molecule has 1 aromatic carbocycles. The number of esters is 1. The van der Waals surface area contributed by atoms with Crippen LogP contribution < -0.4 is 15.4 Å². The SMILES string of the molecule is Cc1ccc(/C=C/S(=O)(=O)NCC(=O)OCC(=O)NC(=O)NC2CCCCC2)cc1. The molecule has 1 aliphatic carbocycles. The molecule has 0 heterocycles. The Balaban J connectivity index is 1.67. The summed E-state index contributed by atoms with van der Waals surface area (Å²) in [5.41, 5.74) is 1.74. The number of urea groups is 1. The lowest BCUT2D eigenvalue weighted by Gasteiger charge is -2.22. The monoisotopic (exact) mass is 437 g/mol. The summed E-state index contributed by atoms with van der Waals surface area (Å²) in [6, 6.07) is 6.62. The van der Waals surface area contributed by atoms with Gasteiger partial charge in [-0.1, -0.05) is 49.1 Å². The van der Waals surface area contributed by atoms with Crippen LogP contribution in [-0.2, 0) is 24.3 Å². The molecule has 0 aliphatic heterocycles. The standard InChI is InChI=1S/C20H27N3O6S/c1-15-7-9-16(10-8-15)11-12-30(27,28)21-13-19(25)29-14-18(24)23-20(26)22-17-5-3-2-4-6-17/h7-12,17,21H,2-6,13-14H2,1H3,(H2,22,23,24,26)/b12-11+. The zero-order chi connectivity index (χ0) is 22.0. The maximum atomic E-state index is 11.9. The first-order valence-electron chi connectivity index (χ1n) is 9.74. The topological polar surface area (TPSA) is 131 Å². The molecule has 0 atom stereocenters. The lowest BCUT2D eigenvalue weighted by Crippen LogP contribution is -2.46. The second-order valence-electron chi connectivity index (χ2n) is 7.10. The number of aryl methyl sites for hydroxylation is 1. The Morgan fingerprint density at radius 2 is 1.77 bits per heavy atom. The summed E-state index contributed by atoms with van der Waals surface area (Å²) in [5, 5.41) is 5.72. The zero-order valence-corrected chi connectivity index (χ0v) is 17.7. The Morgan fingerprint density at radius 3 is 2.43 bits per heavy atom. The van der Waals surface area contributed by atoms with E-state index >= 15 is 0 Å². The molecule has 164 valence electrons. The average Bonchev–Trinajstić information content (AvgIpc) is 2.71. The number of amides is 3. The molecule has 1 saturated carbocycles. The lowest BCUT2D eigenvalue weighted by atomic mass is 9.96. The first-order valence-corrected chi connectivity index (χ1v) is 11.3. The fraction of sp³-hybridized carbons (Fsp3) is 0.450. The van der Waals surface area contributed by atoms with E-state index in [2.05, 4.69) is 20.1 Å².